The van der Waals surface area contributed by atoms with Gasteiger partial charge in [0.05, 0.1) is 27.0 Å². The zero-order chi connectivity index (χ0) is 16.1. The van der Waals surface area contributed by atoms with E-state index < -0.39 is 5.82 Å². The number of benzene rings is 1. The fourth-order valence-electron chi connectivity index (χ4n) is 2.03. The van der Waals surface area contributed by atoms with E-state index in [0.29, 0.717) is 35.1 Å². The number of ether oxygens (including phenoxy) is 3. The van der Waals surface area contributed by atoms with Gasteiger partial charge in [-0.15, -0.1) is 0 Å². The molecule has 0 saturated carbocycles. The second kappa shape index (κ2) is 6.93. The number of aromatic nitrogens is 2. The SMILES string of the molecule is CCc1ncnc(Nc2cc(OC)c(OC)c(OC)c2)c1F. The van der Waals surface area contributed by atoms with Crippen LogP contribution in [-0.4, -0.2) is 31.3 Å². The van der Waals surface area contributed by atoms with Crippen molar-refractivity contribution >= 4 is 11.5 Å². The van der Waals surface area contributed by atoms with E-state index in [2.05, 4.69) is 15.3 Å². The molecule has 118 valence electrons. The number of halogens is 1. The summed E-state index contributed by atoms with van der Waals surface area (Å²) in [5.74, 6) is 1.02. The van der Waals surface area contributed by atoms with Gasteiger partial charge in [-0.05, 0) is 6.42 Å². The number of nitrogens with one attached hydrogen (secondary N) is 1. The Morgan fingerprint density at radius 3 is 2.18 bits per heavy atom. The summed E-state index contributed by atoms with van der Waals surface area (Å²) in [5.41, 5.74) is 0.916. The highest BCUT2D eigenvalue weighted by molar-refractivity contribution is 5.66. The Hall–Kier alpha value is -2.57. The van der Waals surface area contributed by atoms with Crippen LogP contribution in [-0.2, 0) is 6.42 Å². The molecule has 0 spiro atoms. The Morgan fingerprint density at radius 2 is 1.68 bits per heavy atom. The standard InChI is InChI=1S/C15H18FN3O3/c1-5-10-13(16)15(18-8-17-10)19-9-6-11(20-2)14(22-4)12(7-9)21-3/h6-8H,5H2,1-4H3,(H,17,18,19). The van der Waals surface area contributed by atoms with Gasteiger partial charge in [0.2, 0.25) is 5.75 Å². The Labute approximate surface area is 128 Å². The molecule has 0 radical (unpaired) electrons. The first kappa shape index (κ1) is 15.8. The molecule has 0 aliphatic heterocycles. The smallest absolute Gasteiger partial charge is 0.203 e. The normalized spacial score (nSPS) is 10.2. The molecule has 1 aromatic heterocycles. The second-order valence-electron chi connectivity index (χ2n) is 4.38. The molecule has 0 aliphatic rings. The minimum atomic E-state index is -0.473. The summed E-state index contributed by atoms with van der Waals surface area (Å²) in [7, 11) is 4.55. The van der Waals surface area contributed by atoms with Crippen LogP contribution in [0.2, 0.25) is 0 Å². The van der Waals surface area contributed by atoms with Crippen LogP contribution in [0.4, 0.5) is 15.9 Å². The molecule has 1 N–H and O–H groups in total. The van der Waals surface area contributed by atoms with Crippen molar-refractivity contribution in [1.82, 2.24) is 9.97 Å². The lowest BCUT2D eigenvalue weighted by Gasteiger charge is -2.15. The molecular weight excluding hydrogens is 289 g/mol. The van der Waals surface area contributed by atoms with Crippen molar-refractivity contribution in [3.05, 3.63) is 30.0 Å². The minimum absolute atomic E-state index is 0.0983. The summed E-state index contributed by atoms with van der Waals surface area (Å²) in [4.78, 5) is 7.82. The molecule has 0 atom stereocenters. The third-order valence-electron chi connectivity index (χ3n) is 3.12. The molecule has 7 heteroatoms. The average molecular weight is 307 g/mol. The fourth-order valence-corrected chi connectivity index (χ4v) is 2.03. The number of nitrogens with zero attached hydrogens (tertiary/aromatic N) is 2. The van der Waals surface area contributed by atoms with Crippen LogP contribution in [0.25, 0.3) is 0 Å². The lowest BCUT2D eigenvalue weighted by molar-refractivity contribution is 0.324. The Morgan fingerprint density at radius 1 is 1.05 bits per heavy atom. The van der Waals surface area contributed by atoms with Gasteiger partial charge in [-0.25, -0.2) is 14.4 Å². The molecule has 2 rings (SSSR count). The maximum absolute atomic E-state index is 14.2. The summed E-state index contributed by atoms with van der Waals surface area (Å²) < 4.78 is 30.0. The highest BCUT2D eigenvalue weighted by Crippen LogP contribution is 2.40. The third-order valence-corrected chi connectivity index (χ3v) is 3.12. The van der Waals surface area contributed by atoms with Crippen molar-refractivity contribution in [2.24, 2.45) is 0 Å². The molecular formula is C15H18FN3O3. The van der Waals surface area contributed by atoms with E-state index in [4.69, 9.17) is 14.2 Å². The lowest BCUT2D eigenvalue weighted by Crippen LogP contribution is -2.03. The van der Waals surface area contributed by atoms with Gasteiger partial charge in [-0.2, -0.15) is 0 Å². The van der Waals surface area contributed by atoms with Crippen molar-refractivity contribution in [1.29, 1.82) is 0 Å². The van der Waals surface area contributed by atoms with Gasteiger partial charge in [0.1, 0.15) is 6.33 Å². The van der Waals surface area contributed by atoms with E-state index in [0.717, 1.165) is 0 Å². The first-order chi connectivity index (χ1) is 10.6. The van der Waals surface area contributed by atoms with Crippen LogP contribution in [0.15, 0.2) is 18.5 Å². The number of hydrogen-bond acceptors (Lipinski definition) is 6. The third kappa shape index (κ3) is 3.03. The molecule has 1 aromatic carbocycles. The first-order valence-electron chi connectivity index (χ1n) is 6.71. The highest BCUT2D eigenvalue weighted by atomic mass is 19.1. The first-order valence-corrected chi connectivity index (χ1v) is 6.71. The number of anilines is 2. The van der Waals surface area contributed by atoms with Gasteiger partial charge >= 0.3 is 0 Å². The van der Waals surface area contributed by atoms with E-state index in [1.807, 2.05) is 6.92 Å². The monoisotopic (exact) mass is 307 g/mol. The molecule has 0 bridgehead atoms. The molecule has 0 saturated heterocycles. The van der Waals surface area contributed by atoms with Gasteiger partial charge in [0.15, 0.2) is 23.1 Å². The number of hydrogen-bond donors (Lipinski definition) is 1. The Bertz CT molecular complexity index is 639. The average Bonchev–Trinajstić information content (AvgIpc) is 2.55. The van der Waals surface area contributed by atoms with E-state index in [1.165, 1.54) is 27.7 Å². The highest BCUT2D eigenvalue weighted by Gasteiger charge is 2.15. The molecule has 0 aliphatic carbocycles. The summed E-state index contributed by atoms with van der Waals surface area (Å²) in [6.07, 6.45) is 1.81. The maximum Gasteiger partial charge on any atom is 0.203 e. The lowest BCUT2D eigenvalue weighted by atomic mass is 10.2. The van der Waals surface area contributed by atoms with Crippen LogP contribution >= 0.6 is 0 Å². The molecule has 1 heterocycles. The van der Waals surface area contributed by atoms with Gasteiger partial charge in [-0.3, -0.25) is 0 Å². The van der Waals surface area contributed by atoms with E-state index in [1.54, 1.807) is 12.1 Å². The quantitative estimate of drug-likeness (QED) is 0.885. The summed E-state index contributed by atoms with van der Waals surface area (Å²) in [6.45, 7) is 1.83. The van der Waals surface area contributed by atoms with Crippen LogP contribution in [0.3, 0.4) is 0 Å². The predicted octanol–water partition coefficient (Wildman–Crippen LogP) is 2.95. The minimum Gasteiger partial charge on any atom is -0.493 e. The van der Waals surface area contributed by atoms with Crippen LogP contribution in [0, 0.1) is 5.82 Å². The number of methoxy groups -OCH3 is 3. The van der Waals surface area contributed by atoms with Gasteiger partial charge in [-0.1, -0.05) is 6.92 Å². The van der Waals surface area contributed by atoms with Gasteiger partial charge < -0.3 is 19.5 Å². The largest absolute Gasteiger partial charge is 0.493 e. The molecule has 2 aromatic rings. The van der Waals surface area contributed by atoms with Crippen molar-refractivity contribution in [2.45, 2.75) is 13.3 Å². The maximum atomic E-state index is 14.2. The summed E-state index contributed by atoms with van der Waals surface area (Å²) in [6, 6.07) is 3.35. The van der Waals surface area contributed by atoms with E-state index in [-0.39, 0.29) is 5.82 Å². The molecule has 6 nitrogen and oxygen atoms in total. The van der Waals surface area contributed by atoms with Crippen LogP contribution < -0.4 is 19.5 Å². The van der Waals surface area contributed by atoms with Crippen molar-refractivity contribution < 1.29 is 18.6 Å². The second-order valence-corrected chi connectivity index (χ2v) is 4.38. The number of aryl methyl sites for hydroxylation is 1. The van der Waals surface area contributed by atoms with Gasteiger partial charge in [0, 0.05) is 17.8 Å². The van der Waals surface area contributed by atoms with Crippen molar-refractivity contribution in [3.63, 3.8) is 0 Å². The van der Waals surface area contributed by atoms with E-state index in [9.17, 15) is 4.39 Å². The molecule has 0 unspecified atom stereocenters. The fraction of sp³-hybridized carbons (Fsp3) is 0.333. The molecule has 22 heavy (non-hydrogen) atoms. The van der Waals surface area contributed by atoms with Gasteiger partial charge in [0.25, 0.3) is 0 Å². The number of rotatable bonds is 6. The van der Waals surface area contributed by atoms with Crippen LogP contribution in [0.1, 0.15) is 12.6 Å². The molecule has 0 amide bonds. The molecule has 0 fully saturated rings. The predicted molar refractivity (Wildman–Crippen MR) is 80.7 cm³/mol. The summed E-state index contributed by atoms with van der Waals surface area (Å²) >= 11 is 0. The van der Waals surface area contributed by atoms with Crippen molar-refractivity contribution in [2.75, 3.05) is 26.6 Å². The topological polar surface area (TPSA) is 65.5 Å². The zero-order valence-corrected chi connectivity index (χ0v) is 12.9. The van der Waals surface area contributed by atoms with Crippen molar-refractivity contribution in [3.8, 4) is 17.2 Å². The zero-order valence-electron chi connectivity index (χ0n) is 12.9. The van der Waals surface area contributed by atoms with Crippen LogP contribution in [0.5, 0.6) is 17.2 Å². The van der Waals surface area contributed by atoms with E-state index >= 15 is 0 Å². The Kier molecular flexibility index (Phi) is 4.98. The summed E-state index contributed by atoms with van der Waals surface area (Å²) in [5, 5.41) is 2.91. The Balaban J connectivity index is 2.42.